The molecule has 0 aromatic carbocycles. The second-order valence-electron chi connectivity index (χ2n) is 3.29. The van der Waals surface area contributed by atoms with Crippen LogP contribution in [0.25, 0.3) is 0 Å². The van der Waals surface area contributed by atoms with E-state index in [9.17, 15) is 14.4 Å². The molecular weight excluding hydrogens is 273 g/mol. The Bertz CT molecular complexity index is 168. The number of hydrogen-bond donors (Lipinski definition) is 0. The normalized spacial score (nSPS) is 9.31. The van der Waals surface area contributed by atoms with E-state index in [0.29, 0.717) is 11.0 Å². The minimum atomic E-state index is -4.76. The predicted octanol–water partition coefficient (Wildman–Crippen LogP) is -5.14. The summed E-state index contributed by atoms with van der Waals surface area (Å²) < 4.78 is 14.6. The zero-order valence-corrected chi connectivity index (χ0v) is 12.8. The molecule has 0 fully saturated rings. The van der Waals surface area contributed by atoms with E-state index < -0.39 is 7.82 Å². The van der Waals surface area contributed by atoms with Crippen molar-refractivity contribution in [1.82, 2.24) is 0 Å². The van der Waals surface area contributed by atoms with Crippen LogP contribution in [0.15, 0.2) is 0 Å². The van der Waals surface area contributed by atoms with Crippen molar-refractivity contribution in [3.05, 3.63) is 0 Å². The Morgan fingerprint density at radius 3 is 1.56 bits per heavy atom. The van der Waals surface area contributed by atoms with Crippen LogP contribution in [-0.2, 0) is 9.09 Å². The van der Waals surface area contributed by atoms with Gasteiger partial charge in [0.2, 0.25) is 0 Å². The van der Waals surface area contributed by atoms with Gasteiger partial charge < -0.3 is 45.3 Å². The summed E-state index contributed by atoms with van der Waals surface area (Å²) >= 11 is 0. The maximum atomic E-state index is 9.96. The first-order valence-electron chi connectivity index (χ1n) is 3.18. The van der Waals surface area contributed by atoms with Crippen molar-refractivity contribution in [2.45, 2.75) is 0 Å². The van der Waals surface area contributed by atoms with Crippen molar-refractivity contribution in [3.63, 3.8) is 0 Å². The second-order valence-corrected chi connectivity index (χ2v) is 4.45. The predicted molar refractivity (Wildman–Crippen MR) is 56.7 cm³/mol. The van der Waals surface area contributed by atoms with Gasteiger partial charge >= 0.3 is 37.7 Å². The summed E-state index contributed by atoms with van der Waals surface area (Å²) in [6, 6.07) is 0. The minimum absolute atomic E-state index is 0. The molecule has 0 aromatic rings. The number of phosphoric acid groups is 1. The van der Waals surface area contributed by atoms with Crippen molar-refractivity contribution in [3.8, 4) is 0 Å². The Kier molecular flexibility index (Phi) is 32.0. The van der Waals surface area contributed by atoms with Crippen molar-refractivity contribution in [2.75, 3.05) is 34.3 Å². The second kappa shape index (κ2) is 14.2. The van der Waals surface area contributed by atoms with Crippen molar-refractivity contribution >= 4 is 45.6 Å². The van der Waals surface area contributed by atoms with E-state index in [2.05, 4.69) is 4.52 Å². The molecule has 0 aliphatic rings. The largest absolute Gasteiger partial charge is 2.00 e. The molecule has 0 aliphatic heterocycles. The summed E-state index contributed by atoms with van der Waals surface area (Å²) in [6.07, 6.45) is 0. The molecule has 8 N–H and O–H groups in total. The number of nitrogens with zero attached hydrogens (tertiary/aromatic N) is 1. The van der Waals surface area contributed by atoms with E-state index >= 15 is 0 Å². The Balaban J connectivity index is -0.0000000500. The first kappa shape index (κ1) is 36.0. The summed E-state index contributed by atoms with van der Waals surface area (Å²) in [4.78, 5) is 19.9. The standard InChI is InChI=1S/C5H14NO4P.Ca.4H2O/c1-6(2,3)4-5-10-11(7,8)9;;;;;/h4-5H2,1-3H3,(H-,7,8,9);;4*1H2/q;+2;;;;/p-1. The Morgan fingerprint density at radius 1 is 1.06 bits per heavy atom. The Labute approximate surface area is 124 Å². The van der Waals surface area contributed by atoms with Gasteiger partial charge in [0.1, 0.15) is 13.2 Å². The average molecular weight is 294 g/mol. The Hall–Kier alpha value is 1.17. The molecule has 16 heavy (non-hydrogen) atoms. The molecule has 0 spiro atoms. The number of likely N-dealkylation sites (N-methyl/N-ethyl adjacent to an activating group) is 1. The van der Waals surface area contributed by atoms with E-state index in [1.54, 1.807) is 0 Å². The summed E-state index contributed by atoms with van der Waals surface area (Å²) in [6.45, 7) is 0.447. The van der Waals surface area contributed by atoms with Gasteiger partial charge in [0.25, 0.3) is 0 Å². The quantitative estimate of drug-likeness (QED) is 0.283. The molecule has 0 atom stereocenters. The molecule has 0 aliphatic carbocycles. The van der Waals surface area contributed by atoms with E-state index in [1.807, 2.05) is 21.1 Å². The summed E-state index contributed by atoms with van der Waals surface area (Å²) in [7, 11) is 0.875. The average Bonchev–Trinajstić information content (AvgIpc) is 1.55. The molecule has 0 radical (unpaired) electrons. The molecule has 0 heterocycles. The molecule has 9 nitrogen and oxygen atoms in total. The van der Waals surface area contributed by atoms with Crippen LogP contribution in [0.2, 0.25) is 0 Å². The van der Waals surface area contributed by atoms with E-state index in [0.717, 1.165) is 0 Å². The van der Waals surface area contributed by atoms with Crippen molar-refractivity contribution < 1.29 is 45.3 Å². The van der Waals surface area contributed by atoms with Gasteiger partial charge in [-0.15, -0.1) is 0 Å². The summed E-state index contributed by atoms with van der Waals surface area (Å²) in [5.74, 6) is 0. The van der Waals surface area contributed by atoms with Gasteiger partial charge in [-0.2, -0.15) is 0 Å². The molecule has 0 saturated heterocycles. The molecule has 100 valence electrons. The van der Waals surface area contributed by atoms with Crippen LogP contribution in [0.4, 0.5) is 0 Å². The van der Waals surface area contributed by atoms with Crippen LogP contribution >= 0.6 is 7.82 Å². The number of hydrogen-bond acceptors (Lipinski definition) is 4. The van der Waals surface area contributed by atoms with Crippen molar-refractivity contribution in [1.29, 1.82) is 0 Å². The Morgan fingerprint density at radius 2 is 1.38 bits per heavy atom. The molecule has 0 saturated carbocycles. The first-order valence-corrected chi connectivity index (χ1v) is 4.64. The molecule has 0 unspecified atom stereocenters. The van der Waals surface area contributed by atoms with Crippen LogP contribution < -0.4 is 9.79 Å². The molecule has 11 heteroatoms. The zero-order valence-electron chi connectivity index (χ0n) is 9.65. The van der Waals surface area contributed by atoms with Gasteiger partial charge in [-0.25, -0.2) is 0 Å². The van der Waals surface area contributed by atoms with Crippen LogP contribution in [0.1, 0.15) is 0 Å². The number of rotatable bonds is 4. The molecule has 0 amide bonds. The van der Waals surface area contributed by atoms with Gasteiger partial charge in [0.05, 0.1) is 29.0 Å². The smallest absolute Gasteiger partial charge is 0.790 e. The minimum Gasteiger partial charge on any atom is -0.790 e. The molecule has 0 aromatic heterocycles. The summed E-state index contributed by atoms with van der Waals surface area (Å²) in [5, 5.41) is 0. The molecule has 0 bridgehead atoms. The molecular formula is C5H21CaNO8P+. The van der Waals surface area contributed by atoms with Crippen LogP contribution in [0, 0.1) is 0 Å². The van der Waals surface area contributed by atoms with Gasteiger partial charge in [-0.3, -0.25) is 0 Å². The summed E-state index contributed by atoms with van der Waals surface area (Å²) in [5.41, 5.74) is 0. The van der Waals surface area contributed by atoms with Crippen molar-refractivity contribution in [2.24, 2.45) is 0 Å². The zero-order chi connectivity index (χ0) is 9.12. The van der Waals surface area contributed by atoms with E-state index in [1.165, 1.54) is 0 Å². The van der Waals surface area contributed by atoms with Gasteiger partial charge in [-0.1, -0.05) is 0 Å². The fraction of sp³-hybridized carbons (Fsp3) is 1.00. The number of quaternary nitrogens is 1. The monoisotopic (exact) mass is 294 g/mol. The fourth-order valence-electron chi connectivity index (χ4n) is 0.426. The fourth-order valence-corrected chi connectivity index (χ4v) is 0.732. The van der Waals surface area contributed by atoms with Crippen LogP contribution in [-0.4, -0.2) is 98.4 Å². The third kappa shape index (κ3) is 36.2. The first-order chi connectivity index (χ1) is 4.71. The third-order valence-electron chi connectivity index (χ3n) is 1.01. The maximum Gasteiger partial charge on any atom is 2.00 e. The SMILES string of the molecule is C[N+](C)(C)CCOP(=O)([O-])[O-].O.O.O.O.[Ca+2]. The number of phosphoric ester groups is 1. The van der Waals surface area contributed by atoms with Gasteiger partial charge in [0, 0.05) is 0 Å². The van der Waals surface area contributed by atoms with E-state index in [4.69, 9.17) is 0 Å². The van der Waals surface area contributed by atoms with Crippen LogP contribution in [0.5, 0.6) is 0 Å². The van der Waals surface area contributed by atoms with Crippen LogP contribution in [0.3, 0.4) is 0 Å². The topological polar surface area (TPSA) is 198 Å². The third-order valence-corrected chi connectivity index (χ3v) is 1.51. The maximum absolute atomic E-state index is 9.96. The van der Waals surface area contributed by atoms with E-state index in [-0.39, 0.29) is 66.2 Å². The van der Waals surface area contributed by atoms with Gasteiger partial charge in [0.15, 0.2) is 0 Å². The van der Waals surface area contributed by atoms with Gasteiger partial charge in [-0.05, 0) is 0 Å². The molecule has 0 rings (SSSR count).